The van der Waals surface area contributed by atoms with E-state index in [1.54, 1.807) is 0 Å². The summed E-state index contributed by atoms with van der Waals surface area (Å²) < 4.78 is 0. The van der Waals surface area contributed by atoms with Crippen LogP contribution in [0.4, 0.5) is 0 Å². The highest BCUT2D eigenvalue weighted by atomic mass is 79.9. The summed E-state index contributed by atoms with van der Waals surface area (Å²) in [5, 5.41) is -0.0522. The molecule has 0 bridgehead atoms. The van der Waals surface area contributed by atoms with Crippen LogP contribution in [0.15, 0.2) is 60.7 Å². The van der Waals surface area contributed by atoms with Crippen molar-refractivity contribution in [1.82, 2.24) is 0 Å². The lowest BCUT2D eigenvalue weighted by atomic mass is 10.0. The summed E-state index contributed by atoms with van der Waals surface area (Å²) in [6, 6.07) is 20.3. The molecule has 0 aliphatic carbocycles. The number of hydrogen-bond donors (Lipinski definition) is 0. The molecule has 2 rings (SSSR count). The highest BCUT2D eigenvalue weighted by Gasteiger charge is 2.19. The van der Waals surface area contributed by atoms with Crippen LogP contribution < -0.4 is 0 Å². The minimum atomic E-state index is -0.0522. The van der Waals surface area contributed by atoms with E-state index in [9.17, 15) is 0 Å². The van der Waals surface area contributed by atoms with Gasteiger partial charge in [0.1, 0.15) is 0 Å². The van der Waals surface area contributed by atoms with Crippen molar-refractivity contribution in [2.45, 2.75) is 10.2 Å². The Morgan fingerprint density at radius 1 is 0.750 bits per heavy atom. The van der Waals surface area contributed by atoms with Crippen LogP contribution in [-0.2, 0) is 0 Å². The van der Waals surface area contributed by atoms with Crippen LogP contribution in [0.5, 0.6) is 0 Å². The zero-order valence-electron chi connectivity index (χ0n) is 8.68. The second kappa shape index (κ2) is 5.51. The Labute approximate surface area is 109 Å². The standard InChI is InChI=1S/C14H12BrCl/c15-13(11-7-3-1-4-8-11)14(16)12-9-5-2-6-10-12/h1-10,13-14H. The summed E-state index contributed by atoms with van der Waals surface area (Å²) in [4.78, 5) is 0.137. The van der Waals surface area contributed by atoms with Gasteiger partial charge in [-0.1, -0.05) is 76.6 Å². The van der Waals surface area contributed by atoms with Gasteiger partial charge in [-0.25, -0.2) is 0 Å². The Morgan fingerprint density at radius 3 is 1.69 bits per heavy atom. The van der Waals surface area contributed by atoms with Crippen molar-refractivity contribution in [2.75, 3.05) is 0 Å². The van der Waals surface area contributed by atoms with E-state index in [0.717, 1.165) is 5.56 Å². The molecule has 2 aromatic carbocycles. The normalized spacial score (nSPS) is 14.4. The van der Waals surface area contributed by atoms with Crippen molar-refractivity contribution >= 4 is 27.5 Å². The topological polar surface area (TPSA) is 0 Å². The first-order chi connectivity index (χ1) is 7.79. The lowest BCUT2D eigenvalue weighted by Crippen LogP contribution is -1.99. The molecule has 0 heterocycles. The SMILES string of the molecule is ClC(c1ccccc1)C(Br)c1ccccc1. The molecule has 2 unspecified atom stereocenters. The third kappa shape index (κ3) is 2.66. The highest BCUT2D eigenvalue weighted by molar-refractivity contribution is 9.09. The van der Waals surface area contributed by atoms with E-state index in [0.29, 0.717) is 0 Å². The van der Waals surface area contributed by atoms with E-state index in [1.807, 2.05) is 36.4 Å². The first kappa shape index (κ1) is 11.7. The molecule has 0 aliphatic rings. The summed E-state index contributed by atoms with van der Waals surface area (Å²) >= 11 is 10.1. The first-order valence-corrected chi connectivity index (χ1v) is 6.52. The van der Waals surface area contributed by atoms with Gasteiger partial charge in [-0.3, -0.25) is 0 Å². The fourth-order valence-corrected chi connectivity index (χ4v) is 2.51. The van der Waals surface area contributed by atoms with Crippen LogP contribution in [0.2, 0.25) is 0 Å². The minimum Gasteiger partial charge on any atom is -0.116 e. The van der Waals surface area contributed by atoms with Gasteiger partial charge >= 0.3 is 0 Å². The van der Waals surface area contributed by atoms with Gasteiger partial charge in [-0.2, -0.15) is 0 Å². The molecule has 0 nitrogen and oxygen atoms in total. The predicted octanol–water partition coefficient (Wildman–Crippen LogP) is 5.10. The van der Waals surface area contributed by atoms with Crippen LogP contribution in [0, 0.1) is 0 Å². The molecule has 0 aromatic heterocycles. The maximum absolute atomic E-state index is 6.44. The monoisotopic (exact) mass is 294 g/mol. The Morgan fingerprint density at radius 2 is 1.19 bits per heavy atom. The van der Waals surface area contributed by atoms with Gasteiger partial charge in [0.25, 0.3) is 0 Å². The summed E-state index contributed by atoms with van der Waals surface area (Å²) in [5.41, 5.74) is 2.33. The lowest BCUT2D eigenvalue weighted by Gasteiger charge is -2.17. The molecule has 0 saturated carbocycles. The number of alkyl halides is 2. The number of hydrogen-bond acceptors (Lipinski definition) is 0. The summed E-state index contributed by atoms with van der Waals surface area (Å²) in [6.07, 6.45) is 0. The minimum absolute atomic E-state index is 0.0522. The average Bonchev–Trinajstić information content (AvgIpc) is 2.39. The van der Waals surface area contributed by atoms with Crippen LogP contribution in [0.25, 0.3) is 0 Å². The Balaban J connectivity index is 2.20. The fourth-order valence-electron chi connectivity index (χ4n) is 1.61. The van der Waals surface area contributed by atoms with Crippen molar-refractivity contribution in [3.8, 4) is 0 Å². The summed E-state index contributed by atoms with van der Waals surface area (Å²) in [7, 11) is 0. The molecule has 2 heteroatoms. The van der Waals surface area contributed by atoms with E-state index >= 15 is 0 Å². The third-order valence-corrected chi connectivity index (χ3v) is 4.36. The Hall–Kier alpha value is -0.790. The van der Waals surface area contributed by atoms with Crippen molar-refractivity contribution in [1.29, 1.82) is 0 Å². The van der Waals surface area contributed by atoms with Crippen LogP contribution >= 0.6 is 27.5 Å². The second-order valence-electron chi connectivity index (χ2n) is 3.62. The summed E-state index contributed by atoms with van der Waals surface area (Å²) in [5.74, 6) is 0. The molecule has 0 aliphatic heterocycles. The van der Waals surface area contributed by atoms with Gasteiger partial charge in [0.15, 0.2) is 0 Å². The van der Waals surface area contributed by atoms with Gasteiger partial charge in [-0.15, -0.1) is 11.6 Å². The quantitative estimate of drug-likeness (QED) is 0.691. The van der Waals surface area contributed by atoms with E-state index < -0.39 is 0 Å². The highest BCUT2D eigenvalue weighted by Crippen LogP contribution is 2.40. The first-order valence-electron chi connectivity index (χ1n) is 5.17. The molecular weight excluding hydrogens is 284 g/mol. The maximum Gasteiger partial charge on any atom is 0.0751 e. The molecule has 0 saturated heterocycles. The van der Waals surface area contributed by atoms with Gasteiger partial charge in [0.2, 0.25) is 0 Å². The number of halogens is 2. The molecular formula is C14H12BrCl. The largest absolute Gasteiger partial charge is 0.116 e. The lowest BCUT2D eigenvalue weighted by molar-refractivity contribution is 0.909. The average molecular weight is 296 g/mol. The molecule has 0 fully saturated rings. The number of rotatable bonds is 3. The van der Waals surface area contributed by atoms with Gasteiger partial charge in [0, 0.05) is 0 Å². The van der Waals surface area contributed by atoms with E-state index in [2.05, 4.69) is 40.2 Å². The summed E-state index contributed by atoms with van der Waals surface area (Å²) in [6.45, 7) is 0. The zero-order valence-corrected chi connectivity index (χ0v) is 11.0. The van der Waals surface area contributed by atoms with E-state index in [4.69, 9.17) is 11.6 Å². The Bertz CT molecular complexity index is 384. The molecule has 2 aromatic rings. The van der Waals surface area contributed by atoms with Crippen molar-refractivity contribution in [3.63, 3.8) is 0 Å². The molecule has 0 amide bonds. The number of benzene rings is 2. The molecule has 16 heavy (non-hydrogen) atoms. The molecule has 82 valence electrons. The zero-order chi connectivity index (χ0) is 11.4. The van der Waals surface area contributed by atoms with Crippen molar-refractivity contribution < 1.29 is 0 Å². The molecule has 2 atom stereocenters. The van der Waals surface area contributed by atoms with Gasteiger partial charge in [-0.05, 0) is 11.1 Å². The molecule has 0 N–H and O–H groups in total. The van der Waals surface area contributed by atoms with E-state index in [1.165, 1.54) is 5.56 Å². The van der Waals surface area contributed by atoms with Crippen LogP contribution in [-0.4, -0.2) is 0 Å². The third-order valence-electron chi connectivity index (χ3n) is 2.49. The van der Waals surface area contributed by atoms with Crippen LogP contribution in [0.3, 0.4) is 0 Å². The van der Waals surface area contributed by atoms with Crippen molar-refractivity contribution in [3.05, 3.63) is 71.8 Å². The molecule has 0 radical (unpaired) electrons. The smallest absolute Gasteiger partial charge is 0.0751 e. The Kier molecular flexibility index (Phi) is 4.03. The maximum atomic E-state index is 6.44. The second-order valence-corrected chi connectivity index (χ2v) is 5.08. The predicted molar refractivity (Wildman–Crippen MR) is 73.1 cm³/mol. The molecule has 0 spiro atoms. The van der Waals surface area contributed by atoms with Crippen molar-refractivity contribution in [2.24, 2.45) is 0 Å². The van der Waals surface area contributed by atoms with Crippen LogP contribution in [0.1, 0.15) is 21.3 Å². The van der Waals surface area contributed by atoms with Gasteiger partial charge < -0.3 is 0 Å². The van der Waals surface area contributed by atoms with Gasteiger partial charge in [0.05, 0.1) is 10.2 Å². The van der Waals surface area contributed by atoms with E-state index in [-0.39, 0.29) is 10.2 Å². The fraction of sp³-hybridized carbons (Fsp3) is 0.143.